The number of aromatic nitrogens is 1. The molecule has 0 unspecified atom stereocenters. The molecule has 5 nitrogen and oxygen atoms in total. The molecule has 94 valence electrons. The number of carboxylic acid groups (broad SMARTS) is 1. The molecule has 5 heteroatoms. The lowest BCUT2D eigenvalue weighted by molar-refractivity contribution is 0.0691. The number of rotatable bonds is 4. The van der Waals surface area contributed by atoms with Crippen molar-refractivity contribution in [3.05, 3.63) is 53.3 Å². The quantitative estimate of drug-likeness (QED) is 0.845. The molecule has 0 amide bonds. The highest BCUT2D eigenvalue weighted by atomic mass is 16.4. The lowest BCUT2D eigenvalue weighted by Gasteiger charge is -2.08. The van der Waals surface area contributed by atoms with Crippen molar-refractivity contribution in [3.63, 3.8) is 0 Å². The van der Waals surface area contributed by atoms with Crippen LogP contribution in [-0.4, -0.2) is 28.6 Å². The fourth-order valence-corrected chi connectivity index (χ4v) is 1.78. The van der Waals surface area contributed by atoms with Crippen LogP contribution in [0, 0.1) is 0 Å². The van der Waals surface area contributed by atoms with E-state index >= 15 is 0 Å². The first-order valence-corrected chi connectivity index (χ1v) is 5.40. The third-order valence-corrected chi connectivity index (χ3v) is 2.64. The van der Waals surface area contributed by atoms with Crippen molar-refractivity contribution in [2.45, 2.75) is 0 Å². The van der Waals surface area contributed by atoms with Crippen LogP contribution in [0.3, 0.4) is 0 Å². The zero-order chi connectivity index (χ0) is 13.8. The average molecular weight is 255 g/mol. The van der Waals surface area contributed by atoms with E-state index in [0.717, 1.165) is 0 Å². The smallest absolute Gasteiger partial charge is 0.355 e. The van der Waals surface area contributed by atoms with Crippen LogP contribution in [0.15, 0.2) is 36.5 Å². The average Bonchev–Trinajstić information content (AvgIpc) is 2.46. The molecule has 0 fully saturated rings. The maximum Gasteiger partial charge on any atom is 0.355 e. The minimum atomic E-state index is -1.19. The Morgan fingerprint density at radius 3 is 2.53 bits per heavy atom. The SMILES string of the molecule is O=Cc1ccc(C=O)c(-c2cccnc2C(=O)O)c1. The Kier molecular flexibility index (Phi) is 3.47. The van der Waals surface area contributed by atoms with Crippen LogP contribution in [0.25, 0.3) is 11.1 Å². The summed E-state index contributed by atoms with van der Waals surface area (Å²) in [5.74, 6) is -1.19. The van der Waals surface area contributed by atoms with Crippen LogP contribution < -0.4 is 0 Å². The van der Waals surface area contributed by atoms with Gasteiger partial charge in [0.15, 0.2) is 12.0 Å². The number of carbonyl (C=O) groups excluding carboxylic acids is 2. The molecule has 1 N–H and O–H groups in total. The molecule has 2 rings (SSSR count). The van der Waals surface area contributed by atoms with E-state index < -0.39 is 5.97 Å². The Morgan fingerprint density at radius 1 is 1.11 bits per heavy atom. The van der Waals surface area contributed by atoms with Crippen LogP contribution in [-0.2, 0) is 0 Å². The molecule has 2 aromatic rings. The monoisotopic (exact) mass is 255 g/mol. The standard InChI is InChI=1S/C14H9NO4/c16-7-9-3-4-10(8-17)12(6-9)11-2-1-5-15-13(11)14(18)19/h1-8H,(H,18,19). The minimum absolute atomic E-state index is 0.159. The van der Waals surface area contributed by atoms with Gasteiger partial charge in [-0.3, -0.25) is 9.59 Å². The third-order valence-electron chi connectivity index (χ3n) is 2.64. The van der Waals surface area contributed by atoms with Crippen LogP contribution in [0.4, 0.5) is 0 Å². The molecule has 0 aliphatic heterocycles. The number of hydrogen-bond acceptors (Lipinski definition) is 4. The molecule has 1 aromatic carbocycles. The van der Waals surface area contributed by atoms with E-state index in [1.165, 1.54) is 24.4 Å². The molecule has 0 aliphatic carbocycles. The van der Waals surface area contributed by atoms with Crippen molar-refractivity contribution in [2.75, 3.05) is 0 Å². The van der Waals surface area contributed by atoms with Crippen molar-refractivity contribution in [3.8, 4) is 11.1 Å². The Hall–Kier alpha value is -2.82. The molecule has 0 atom stereocenters. The summed E-state index contributed by atoms with van der Waals surface area (Å²) in [6.07, 6.45) is 2.61. The second kappa shape index (κ2) is 5.22. The highest BCUT2D eigenvalue weighted by molar-refractivity contribution is 5.98. The van der Waals surface area contributed by atoms with E-state index in [1.807, 2.05) is 0 Å². The first-order chi connectivity index (χ1) is 9.17. The zero-order valence-electron chi connectivity index (χ0n) is 9.74. The number of aromatic carboxylic acids is 1. The lowest BCUT2D eigenvalue weighted by Crippen LogP contribution is -2.04. The van der Waals surface area contributed by atoms with Gasteiger partial charge in [0.05, 0.1) is 0 Å². The van der Waals surface area contributed by atoms with Gasteiger partial charge in [-0.15, -0.1) is 0 Å². The second-order valence-electron chi connectivity index (χ2n) is 3.79. The molecular weight excluding hydrogens is 246 g/mol. The third kappa shape index (κ3) is 2.40. The highest BCUT2D eigenvalue weighted by Gasteiger charge is 2.15. The summed E-state index contributed by atoms with van der Waals surface area (Å²) in [4.78, 5) is 36.7. The topological polar surface area (TPSA) is 84.3 Å². The van der Waals surface area contributed by atoms with Crippen molar-refractivity contribution >= 4 is 18.5 Å². The van der Waals surface area contributed by atoms with Gasteiger partial charge in [0.1, 0.15) is 6.29 Å². The lowest BCUT2D eigenvalue weighted by atomic mass is 9.97. The van der Waals surface area contributed by atoms with Crippen molar-refractivity contribution in [2.24, 2.45) is 0 Å². The number of aldehydes is 2. The molecule has 0 saturated heterocycles. The number of carbonyl (C=O) groups is 3. The predicted molar refractivity (Wildman–Crippen MR) is 67.4 cm³/mol. The van der Waals surface area contributed by atoms with E-state index in [-0.39, 0.29) is 5.69 Å². The summed E-state index contributed by atoms with van der Waals surface area (Å²) in [5, 5.41) is 9.10. The number of nitrogens with zero attached hydrogens (tertiary/aromatic N) is 1. The number of pyridine rings is 1. The fourth-order valence-electron chi connectivity index (χ4n) is 1.78. The van der Waals surface area contributed by atoms with Gasteiger partial charge >= 0.3 is 5.97 Å². The van der Waals surface area contributed by atoms with E-state index in [1.54, 1.807) is 12.1 Å². The molecule has 0 aliphatic rings. The van der Waals surface area contributed by atoms with Gasteiger partial charge in [-0.05, 0) is 17.7 Å². The molecule has 1 aromatic heterocycles. The normalized spacial score (nSPS) is 9.89. The molecule has 19 heavy (non-hydrogen) atoms. The molecule has 0 bridgehead atoms. The molecule has 0 spiro atoms. The van der Waals surface area contributed by atoms with Gasteiger partial charge in [0.2, 0.25) is 0 Å². The Labute approximate surface area is 108 Å². The van der Waals surface area contributed by atoms with Crippen LogP contribution in [0.2, 0.25) is 0 Å². The Morgan fingerprint density at radius 2 is 1.89 bits per heavy atom. The molecule has 0 saturated carbocycles. The van der Waals surface area contributed by atoms with Gasteiger partial charge in [-0.25, -0.2) is 9.78 Å². The molecule has 0 radical (unpaired) electrons. The van der Waals surface area contributed by atoms with E-state index in [4.69, 9.17) is 5.11 Å². The van der Waals surface area contributed by atoms with Crippen LogP contribution in [0.1, 0.15) is 31.2 Å². The van der Waals surface area contributed by atoms with E-state index in [0.29, 0.717) is 34.8 Å². The summed E-state index contributed by atoms with van der Waals surface area (Å²) in [6, 6.07) is 7.57. The predicted octanol–water partition coefficient (Wildman–Crippen LogP) is 2.07. The summed E-state index contributed by atoms with van der Waals surface area (Å²) < 4.78 is 0. The fraction of sp³-hybridized carbons (Fsp3) is 0. The first kappa shape index (κ1) is 12.6. The second-order valence-corrected chi connectivity index (χ2v) is 3.79. The maximum absolute atomic E-state index is 11.1. The largest absolute Gasteiger partial charge is 0.476 e. The van der Waals surface area contributed by atoms with Gasteiger partial charge in [0.25, 0.3) is 0 Å². The van der Waals surface area contributed by atoms with E-state index in [9.17, 15) is 14.4 Å². The first-order valence-electron chi connectivity index (χ1n) is 5.40. The zero-order valence-corrected chi connectivity index (χ0v) is 9.74. The summed E-state index contributed by atoms with van der Waals surface area (Å²) in [6.45, 7) is 0. The van der Waals surface area contributed by atoms with Gasteiger partial charge < -0.3 is 5.11 Å². The summed E-state index contributed by atoms with van der Waals surface area (Å²) >= 11 is 0. The molecular formula is C14H9NO4. The Bertz CT molecular complexity index is 664. The van der Waals surface area contributed by atoms with Crippen LogP contribution >= 0.6 is 0 Å². The minimum Gasteiger partial charge on any atom is -0.476 e. The Balaban J connectivity index is 2.73. The van der Waals surface area contributed by atoms with Crippen molar-refractivity contribution in [1.29, 1.82) is 0 Å². The van der Waals surface area contributed by atoms with Crippen molar-refractivity contribution < 1.29 is 19.5 Å². The summed E-state index contributed by atoms with van der Waals surface area (Å²) in [5.41, 5.74) is 1.20. The van der Waals surface area contributed by atoms with Gasteiger partial charge in [-0.2, -0.15) is 0 Å². The van der Waals surface area contributed by atoms with E-state index in [2.05, 4.69) is 4.98 Å². The summed E-state index contributed by atoms with van der Waals surface area (Å²) in [7, 11) is 0. The number of benzene rings is 1. The number of hydrogen-bond donors (Lipinski definition) is 1. The van der Waals surface area contributed by atoms with Crippen LogP contribution in [0.5, 0.6) is 0 Å². The maximum atomic E-state index is 11.1. The highest BCUT2D eigenvalue weighted by Crippen LogP contribution is 2.26. The number of carboxylic acids is 1. The van der Waals surface area contributed by atoms with Gasteiger partial charge in [-0.1, -0.05) is 18.2 Å². The van der Waals surface area contributed by atoms with Crippen molar-refractivity contribution in [1.82, 2.24) is 4.98 Å². The molecule has 1 heterocycles. The van der Waals surface area contributed by atoms with Gasteiger partial charge in [0, 0.05) is 22.9 Å².